The van der Waals surface area contributed by atoms with Gasteiger partial charge in [0, 0.05) is 0 Å². The van der Waals surface area contributed by atoms with Gasteiger partial charge < -0.3 is 5.73 Å². The Morgan fingerprint density at radius 3 is 2.53 bits per heavy atom. The monoisotopic (exact) mass is 236 g/mol. The number of hydrogen-bond acceptors (Lipinski definition) is 3. The minimum Gasteiger partial charge on any atom is -0.381 e. The van der Waals surface area contributed by atoms with E-state index in [4.69, 9.17) is 5.73 Å². The molecule has 0 saturated heterocycles. The van der Waals surface area contributed by atoms with Crippen molar-refractivity contribution in [1.29, 1.82) is 0 Å². The molecule has 0 bridgehead atoms. The Bertz CT molecular complexity index is 350. The van der Waals surface area contributed by atoms with Gasteiger partial charge in [0.15, 0.2) is 5.82 Å². The third-order valence-corrected chi connectivity index (χ3v) is 4.05. The Morgan fingerprint density at radius 2 is 1.94 bits per heavy atom. The van der Waals surface area contributed by atoms with Gasteiger partial charge in [-0.2, -0.15) is 0 Å². The summed E-state index contributed by atoms with van der Waals surface area (Å²) in [5.41, 5.74) is 7.04. The molecule has 1 heterocycles. The average molecular weight is 236 g/mol. The molecule has 0 unspecified atom stereocenters. The molecule has 0 spiro atoms. The van der Waals surface area contributed by atoms with Crippen molar-refractivity contribution >= 4 is 5.82 Å². The van der Waals surface area contributed by atoms with Crippen molar-refractivity contribution in [2.24, 2.45) is 5.92 Å². The van der Waals surface area contributed by atoms with Crippen LogP contribution in [0.15, 0.2) is 0 Å². The SMILES string of the molecule is CCCc1c(N)nnn1C1CCC(CC)CC1. The van der Waals surface area contributed by atoms with Crippen LogP contribution in [0.4, 0.5) is 5.82 Å². The van der Waals surface area contributed by atoms with E-state index in [0.29, 0.717) is 11.9 Å². The first-order valence-electron chi connectivity index (χ1n) is 6.95. The average Bonchev–Trinajstić information content (AvgIpc) is 2.72. The van der Waals surface area contributed by atoms with E-state index in [9.17, 15) is 0 Å². The van der Waals surface area contributed by atoms with Gasteiger partial charge in [-0.15, -0.1) is 5.10 Å². The zero-order valence-electron chi connectivity index (χ0n) is 11.0. The summed E-state index contributed by atoms with van der Waals surface area (Å²) in [7, 11) is 0. The van der Waals surface area contributed by atoms with Crippen molar-refractivity contribution < 1.29 is 0 Å². The van der Waals surface area contributed by atoms with Crippen LogP contribution in [-0.2, 0) is 6.42 Å². The molecule has 0 amide bonds. The lowest BCUT2D eigenvalue weighted by molar-refractivity contribution is 0.249. The van der Waals surface area contributed by atoms with Gasteiger partial charge in [-0.25, -0.2) is 4.68 Å². The van der Waals surface area contributed by atoms with E-state index in [1.165, 1.54) is 32.1 Å². The van der Waals surface area contributed by atoms with E-state index in [1.54, 1.807) is 0 Å². The molecule has 0 atom stereocenters. The van der Waals surface area contributed by atoms with E-state index in [1.807, 2.05) is 0 Å². The lowest BCUT2D eigenvalue weighted by Gasteiger charge is -2.28. The second-order valence-corrected chi connectivity index (χ2v) is 5.20. The molecule has 17 heavy (non-hydrogen) atoms. The van der Waals surface area contributed by atoms with Crippen molar-refractivity contribution in [2.75, 3.05) is 5.73 Å². The fraction of sp³-hybridized carbons (Fsp3) is 0.846. The molecule has 1 saturated carbocycles. The fourth-order valence-corrected chi connectivity index (χ4v) is 2.90. The summed E-state index contributed by atoms with van der Waals surface area (Å²) in [6, 6.07) is 0.532. The summed E-state index contributed by atoms with van der Waals surface area (Å²) in [4.78, 5) is 0. The Kier molecular flexibility index (Phi) is 4.02. The molecule has 1 aliphatic carbocycles. The third-order valence-electron chi connectivity index (χ3n) is 4.05. The molecule has 1 fully saturated rings. The van der Waals surface area contributed by atoms with E-state index in [2.05, 4.69) is 28.8 Å². The minimum atomic E-state index is 0.532. The summed E-state index contributed by atoms with van der Waals surface area (Å²) in [6.07, 6.45) is 8.53. The van der Waals surface area contributed by atoms with Crippen molar-refractivity contribution in [2.45, 2.75) is 64.8 Å². The van der Waals surface area contributed by atoms with Gasteiger partial charge in [0.25, 0.3) is 0 Å². The van der Waals surface area contributed by atoms with Crippen molar-refractivity contribution in [1.82, 2.24) is 15.0 Å². The van der Waals surface area contributed by atoms with Crippen molar-refractivity contribution in [3.63, 3.8) is 0 Å². The molecule has 2 rings (SSSR count). The summed E-state index contributed by atoms with van der Waals surface area (Å²) >= 11 is 0. The van der Waals surface area contributed by atoms with Gasteiger partial charge in [0.1, 0.15) is 0 Å². The Morgan fingerprint density at radius 1 is 1.24 bits per heavy atom. The molecule has 1 aromatic rings. The van der Waals surface area contributed by atoms with Crippen LogP contribution in [-0.4, -0.2) is 15.0 Å². The number of nitrogens with zero attached hydrogens (tertiary/aromatic N) is 3. The molecular formula is C13H24N4. The molecule has 0 aliphatic heterocycles. The highest BCUT2D eigenvalue weighted by atomic mass is 15.5. The number of rotatable bonds is 4. The van der Waals surface area contributed by atoms with Gasteiger partial charge in [-0.3, -0.25) is 0 Å². The largest absolute Gasteiger partial charge is 0.381 e. The van der Waals surface area contributed by atoms with Gasteiger partial charge in [-0.1, -0.05) is 31.9 Å². The maximum absolute atomic E-state index is 5.89. The number of aromatic nitrogens is 3. The van der Waals surface area contributed by atoms with Crippen LogP contribution in [0, 0.1) is 5.92 Å². The smallest absolute Gasteiger partial charge is 0.169 e. The molecule has 4 heteroatoms. The summed E-state index contributed by atoms with van der Waals surface area (Å²) in [5, 5.41) is 8.29. The summed E-state index contributed by atoms with van der Waals surface area (Å²) < 4.78 is 2.10. The highest BCUT2D eigenvalue weighted by Crippen LogP contribution is 2.34. The Balaban J connectivity index is 2.07. The second kappa shape index (κ2) is 5.52. The number of nitrogens with two attached hydrogens (primary N) is 1. The lowest BCUT2D eigenvalue weighted by atomic mass is 9.84. The first-order valence-corrected chi connectivity index (χ1v) is 6.95. The van der Waals surface area contributed by atoms with Crippen LogP contribution in [0.1, 0.15) is 64.1 Å². The third kappa shape index (κ3) is 2.61. The molecule has 0 aromatic carbocycles. The zero-order chi connectivity index (χ0) is 12.3. The van der Waals surface area contributed by atoms with Crippen LogP contribution in [0.5, 0.6) is 0 Å². The first kappa shape index (κ1) is 12.4. The van der Waals surface area contributed by atoms with Crippen LogP contribution in [0.2, 0.25) is 0 Å². The van der Waals surface area contributed by atoms with Crippen LogP contribution in [0.25, 0.3) is 0 Å². The second-order valence-electron chi connectivity index (χ2n) is 5.20. The summed E-state index contributed by atoms with van der Waals surface area (Å²) in [6.45, 7) is 4.46. The fourth-order valence-electron chi connectivity index (χ4n) is 2.90. The van der Waals surface area contributed by atoms with Crippen molar-refractivity contribution in [3.8, 4) is 0 Å². The van der Waals surface area contributed by atoms with Gasteiger partial charge >= 0.3 is 0 Å². The highest BCUT2D eigenvalue weighted by Gasteiger charge is 2.24. The molecule has 1 aliphatic rings. The van der Waals surface area contributed by atoms with Crippen LogP contribution >= 0.6 is 0 Å². The maximum Gasteiger partial charge on any atom is 0.169 e. The van der Waals surface area contributed by atoms with Gasteiger partial charge in [0.05, 0.1) is 11.7 Å². The molecule has 2 N–H and O–H groups in total. The summed E-state index contributed by atoms with van der Waals surface area (Å²) in [5.74, 6) is 1.55. The van der Waals surface area contributed by atoms with Crippen LogP contribution in [0.3, 0.4) is 0 Å². The normalized spacial score (nSPS) is 25.1. The predicted molar refractivity (Wildman–Crippen MR) is 69.7 cm³/mol. The topological polar surface area (TPSA) is 56.7 Å². The maximum atomic E-state index is 5.89. The molecule has 96 valence electrons. The lowest BCUT2D eigenvalue weighted by Crippen LogP contribution is -2.20. The predicted octanol–water partition coefficient (Wildman–Crippen LogP) is 2.95. The quantitative estimate of drug-likeness (QED) is 0.874. The van der Waals surface area contributed by atoms with Crippen LogP contribution < -0.4 is 5.73 Å². The van der Waals surface area contributed by atoms with Gasteiger partial charge in [0.2, 0.25) is 0 Å². The number of anilines is 1. The minimum absolute atomic E-state index is 0.532. The standard InChI is InChI=1S/C13H24N4/c1-3-5-12-13(14)15-16-17(12)11-8-6-10(4-2)7-9-11/h10-11H,3-9,14H2,1-2H3. The first-order chi connectivity index (χ1) is 8.26. The molecule has 1 aromatic heterocycles. The zero-order valence-corrected chi connectivity index (χ0v) is 11.0. The number of nitrogen functional groups attached to an aromatic ring is 1. The van der Waals surface area contributed by atoms with E-state index in [0.717, 1.165) is 24.5 Å². The van der Waals surface area contributed by atoms with Crippen molar-refractivity contribution in [3.05, 3.63) is 5.69 Å². The molecule has 4 nitrogen and oxygen atoms in total. The van der Waals surface area contributed by atoms with E-state index in [-0.39, 0.29) is 0 Å². The Labute approximate surface area is 104 Å². The van der Waals surface area contributed by atoms with Gasteiger partial charge in [-0.05, 0) is 38.0 Å². The molecular weight excluding hydrogens is 212 g/mol. The number of hydrogen-bond donors (Lipinski definition) is 1. The van der Waals surface area contributed by atoms with E-state index < -0.39 is 0 Å². The molecule has 0 radical (unpaired) electrons. The van der Waals surface area contributed by atoms with E-state index >= 15 is 0 Å². The highest BCUT2D eigenvalue weighted by molar-refractivity contribution is 5.33. The Hall–Kier alpha value is -1.06.